The largest absolute Gasteiger partial charge is 0.0622 e. The summed E-state index contributed by atoms with van der Waals surface area (Å²) in [5, 5.41) is 15.6. The van der Waals surface area contributed by atoms with E-state index in [1.54, 1.807) is 0 Å². The van der Waals surface area contributed by atoms with E-state index in [0.29, 0.717) is 0 Å². The molecule has 12 aromatic carbocycles. The van der Waals surface area contributed by atoms with Crippen molar-refractivity contribution in [3.63, 3.8) is 0 Å². The number of benzene rings is 12. The molecule has 0 saturated heterocycles. The summed E-state index contributed by atoms with van der Waals surface area (Å²) in [6.07, 6.45) is 0. The zero-order valence-corrected chi connectivity index (χ0v) is 30.6. The van der Waals surface area contributed by atoms with Gasteiger partial charge in [-0.2, -0.15) is 0 Å². The molecule has 0 aliphatic heterocycles. The molecule has 0 nitrogen and oxygen atoms in total. The molecule has 0 fully saturated rings. The minimum absolute atomic E-state index is 1.20. The van der Waals surface area contributed by atoms with Crippen molar-refractivity contribution in [2.75, 3.05) is 0 Å². The lowest BCUT2D eigenvalue weighted by Gasteiger charge is -2.22. The summed E-state index contributed by atoms with van der Waals surface area (Å²) >= 11 is 0. The first kappa shape index (κ1) is 31.1. The summed E-state index contributed by atoms with van der Waals surface area (Å²) in [6.45, 7) is 0. The first-order valence-corrected chi connectivity index (χ1v) is 19.5. The highest BCUT2D eigenvalue weighted by molar-refractivity contribution is 6.27. The molecule has 258 valence electrons. The predicted molar refractivity (Wildman–Crippen MR) is 241 cm³/mol. The van der Waals surface area contributed by atoms with E-state index < -0.39 is 0 Å². The zero-order valence-electron chi connectivity index (χ0n) is 30.6. The van der Waals surface area contributed by atoms with Crippen LogP contribution in [0.15, 0.2) is 206 Å². The molecule has 0 aliphatic rings. The summed E-state index contributed by atoms with van der Waals surface area (Å²) in [5.41, 5.74) is 12.3. The third-order valence-electron chi connectivity index (χ3n) is 12.2. The van der Waals surface area contributed by atoms with Crippen molar-refractivity contribution in [3.8, 4) is 55.6 Å². The van der Waals surface area contributed by atoms with Crippen LogP contribution in [0.5, 0.6) is 0 Å². The van der Waals surface area contributed by atoms with Crippen molar-refractivity contribution in [2.24, 2.45) is 0 Å². The molecule has 0 aromatic heterocycles. The van der Waals surface area contributed by atoms with Gasteiger partial charge in [-0.15, -0.1) is 0 Å². The molecular weight excluding hydrogens is 673 g/mol. The first-order valence-electron chi connectivity index (χ1n) is 19.5. The second-order valence-corrected chi connectivity index (χ2v) is 15.2. The van der Waals surface area contributed by atoms with Gasteiger partial charge in [-0.25, -0.2) is 0 Å². The number of rotatable bonds is 5. The Labute approximate surface area is 325 Å². The van der Waals surface area contributed by atoms with Crippen LogP contribution in [0.1, 0.15) is 0 Å². The molecule has 0 spiro atoms. The van der Waals surface area contributed by atoms with Gasteiger partial charge in [-0.3, -0.25) is 0 Å². The topological polar surface area (TPSA) is 0 Å². The molecule has 0 bridgehead atoms. The van der Waals surface area contributed by atoms with Gasteiger partial charge in [0.25, 0.3) is 0 Å². The highest BCUT2D eigenvalue weighted by Crippen LogP contribution is 2.49. The summed E-state index contributed by atoms with van der Waals surface area (Å²) in [5.74, 6) is 0. The quantitative estimate of drug-likeness (QED) is 0.156. The van der Waals surface area contributed by atoms with E-state index in [0.717, 1.165) is 0 Å². The van der Waals surface area contributed by atoms with E-state index in [2.05, 4.69) is 206 Å². The minimum Gasteiger partial charge on any atom is -0.0622 e. The van der Waals surface area contributed by atoms with Gasteiger partial charge in [0.1, 0.15) is 0 Å². The minimum atomic E-state index is 1.20. The lowest BCUT2D eigenvalue weighted by molar-refractivity contribution is 1.55. The molecule has 0 heteroatoms. The lowest BCUT2D eigenvalue weighted by atomic mass is 9.81. The normalized spacial score (nSPS) is 11.9. The van der Waals surface area contributed by atoms with Crippen LogP contribution < -0.4 is 0 Å². The van der Waals surface area contributed by atoms with Gasteiger partial charge in [-0.05, 0) is 126 Å². The van der Waals surface area contributed by atoms with Crippen LogP contribution in [0.25, 0.3) is 120 Å². The second-order valence-electron chi connectivity index (χ2n) is 15.2. The van der Waals surface area contributed by atoms with Crippen molar-refractivity contribution in [1.82, 2.24) is 0 Å². The van der Waals surface area contributed by atoms with Gasteiger partial charge in [0.2, 0.25) is 0 Å². The fraction of sp³-hybridized carbons (Fsp3) is 0. The van der Waals surface area contributed by atoms with Gasteiger partial charge in [0, 0.05) is 0 Å². The van der Waals surface area contributed by atoms with E-state index >= 15 is 0 Å². The maximum absolute atomic E-state index is 2.43. The van der Waals surface area contributed by atoms with E-state index in [1.807, 2.05) is 0 Å². The predicted octanol–water partition coefficient (Wildman–Crippen LogP) is 15.8. The van der Waals surface area contributed by atoms with Crippen LogP contribution in [-0.2, 0) is 0 Å². The Hall–Kier alpha value is -7.28. The summed E-state index contributed by atoms with van der Waals surface area (Å²) in [6, 6.07) is 76.8. The smallest absolute Gasteiger partial charge is 0.00204 e. The highest BCUT2D eigenvalue weighted by atomic mass is 14.2. The monoisotopic (exact) mass is 706 g/mol. The summed E-state index contributed by atoms with van der Waals surface area (Å²) in [7, 11) is 0. The van der Waals surface area contributed by atoms with Crippen molar-refractivity contribution in [2.45, 2.75) is 0 Å². The molecule has 0 N–H and O–H groups in total. The number of hydrogen-bond donors (Lipinski definition) is 0. The van der Waals surface area contributed by atoms with Gasteiger partial charge in [0.15, 0.2) is 0 Å². The maximum atomic E-state index is 2.43. The van der Waals surface area contributed by atoms with Gasteiger partial charge >= 0.3 is 0 Å². The highest BCUT2D eigenvalue weighted by Gasteiger charge is 2.21. The van der Waals surface area contributed by atoms with E-state index in [1.165, 1.54) is 120 Å². The van der Waals surface area contributed by atoms with E-state index in [4.69, 9.17) is 0 Å². The maximum Gasteiger partial charge on any atom is -0.00204 e. The molecule has 0 amide bonds. The van der Waals surface area contributed by atoms with E-state index in [-0.39, 0.29) is 0 Å². The molecule has 0 heterocycles. The third-order valence-corrected chi connectivity index (χ3v) is 12.2. The molecule has 56 heavy (non-hydrogen) atoms. The Balaban J connectivity index is 1.15. The molecule has 0 saturated carbocycles. The first-order chi connectivity index (χ1) is 27.8. The standard InChI is InChI=1S/C56H34/c1-3-10-35(11-4-1)45-18-9-19-47(56(45)50-33-27-42-23-21-38-15-8-17-40-26-32-49(50)55(42)53(38)40)46-30-28-43(34-51(46)36-12-5-2-6-13-36)44-29-24-41-22-20-37-14-7-16-39-25-31-48(44)54(41)52(37)39/h1-34H. The Bertz CT molecular complexity index is 3410. The Morgan fingerprint density at radius 1 is 0.196 bits per heavy atom. The zero-order chi connectivity index (χ0) is 36.7. The molecular formula is C56H34. The second kappa shape index (κ2) is 12.1. The van der Waals surface area contributed by atoms with Crippen molar-refractivity contribution >= 4 is 64.6 Å². The Morgan fingerprint density at radius 2 is 0.625 bits per heavy atom. The Kier molecular flexibility index (Phi) is 6.73. The van der Waals surface area contributed by atoms with E-state index in [9.17, 15) is 0 Å². The fourth-order valence-electron chi connectivity index (χ4n) is 9.67. The molecule has 0 unspecified atom stereocenters. The molecule has 12 rings (SSSR count). The molecule has 12 aromatic rings. The summed E-state index contributed by atoms with van der Waals surface area (Å²) in [4.78, 5) is 0. The number of hydrogen-bond acceptors (Lipinski definition) is 0. The average molecular weight is 707 g/mol. The lowest BCUT2D eigenvalue weighted by Crippen LogP contribution is -1.95. The van der Waals surface area contributed by atoms with Gasteiger partial charge in [-0.1, -0.05) is 200 Å². The summed E-state index contributed by atoms with van der Waals surface area (Å²) < 4.78 is 0. The van der Waals surface area contributed by atoms with Gasteiger partial charge in [0.05, 0.1) is 0 Å². The van der Waals surface area contributed by atoms with Crippen LogP contribution in [-0.4, -0.2) is 0 Å². The average Bonchev–Trinajstić information content (AvgIpc) is 3.27. The van der Waals surface area contributed by atoms with Crippen molar-refractivity contribution in [1.29, 1.82) is 0 Å². The van der Waals surface area contributed by atoms with Crippen molar-refractivity contribution in [3.05, 3.63) is 206 Å². The van der Waals surface area contributed by atoms with Crippen LogP contribution in [0.2, 0.25) is 0 Å². The SMILES string of the molecule is c1ccc(-c2cc(-c3ccc4ccc5cccc6ccc3c4c56)ccc2-c2cccc(-c3ccccc3)c2-c2ccc3ccc4cccc5ccc2c3c45)cc1. The van der Waals surface area contributed by atoms with Gasteiger partial charge < -0.3 is 0 Å². The Morgan fingerprint density at radius 3 is 1.21 bits per heavy atom. The molecule has 0 aliphatic carbocycles. The van der Waals surface area contributed by atoms with Crippen LogP contribution in [0.4, 0.5) is 0 Å². The molecule has 0 radical (unpaired) electrons. The van der Waals surface area contributed by atoms with Crippen LogP contribution >= 0.6 is 0 Å². The van der Waals surface area contributed by atoms with Crippen LogP contribution in [0.3, 0.4) is 0 Å². The van der Waals surface area contributed by atoms with Crippen molar-refractivity contribution < 1.29 is 0 Å². The molecule has 0 atom stereocenters. The fourth-order valence-corrected chi connectivity index (χ4v) is 9.67. The third kappa shape index (κ3) is 4.60. The van der Waals surface area contributed by atoms with Crippen LogP contribution in [0, 0.1) is 0 Å².